The Labute approximate surface area is 145 Å². The number of fused-ring (bicyclic) bond motifs is 1. The summed E-state index contributed by atoms with van der Waals surface area (Å²) < 4.78 is 17.6. The molecule has 0 unspecified atom stereocenters. The molecule has 4 aromatic rings. The molecule has 122 valence electrons. The summed E-state index contributed by atoms with van der Waals surface area (Å²) in [7, 11) is 0. The quantitative estimate of drug-likeness (QED) is 0.555. The van der Waals surface area contributed by atoms with E-state index in [1.165, 1.54) is 21.9 Å². The van der Waals surface area contributed by atoms with Crippen molar-refractivity contribution in [1.29, 1.82) is 0 Å². The fourth-order valence-corrected chi connectivity index (χ4v) is 3.45. The van der Waals surface area contributed by atoms with E-state index in [1.54, 1.807) is 12.1 Å². The lowest BCUT2D eigenvalue weighted by atomic mass is 10.2. The number of nitrogens with zero attached hydrogens (tertiary/aromatic N) is 6. The van der Waals surface area contributed by atoms with Gasteiger partial charge in [0.15, 0.2) is 10.8 Å². The molecule has 0 bridgehead atoms. The Bertz CT molecular complexity index is 1050. The minimum atomic E-state index is -0.461. The van der Waals surface area contributed by atoms with Gasteiger partial charge in [0.25, 0.3) is 0 Å². The van der Waals surface area contributed by atoms with Gasteiger partial charge in [-0.15, -0.1) is 10.2 Å². The van der Waals surface area contributed by atoms with Gasteiger partial charge in [0.1, 0.15) is 11.5 Å². The fourth-order valence-electron chi connectivity index (χ4n) is 2.49. The highest BCUT2D eigenvalue weighted by Gasteiger charge is 2.18. The van der Waals surface area contributed by atoms with Gasteiger partial charge in [-0.3, -0.25) is 4.68 Å². The topological polar surface area (TPSA) is 60.9 Å². The zero-order chi connectivity index (χ0) is 16.8. The van der Waals surface area contributed by atoms with E-state index in [0.717, 1.165) is 17.9 Å². The highest BCUT2D eigenvalue weighted by atomic mass is 35.5. The van der Waals surface area contributed by atoms with Crippen LogP contribution in [0.3, 0.4) is 0 Å². The van der Waals surface area contributed by atoms with Crippen LogP contribution < -0.4 is 0 Å². The molecule has 0 fully saturated rings. The van der Waals surface area contributed by atoms with Crippen LogP contribution in [0.25, 0.3) is 27.1 Å². The number of hydrogen-bond donors (Lipinski definition) is 0. The molecule has 6 nitrogen and oxygen atoms in total. The summed E-state index contributed by atoms with van der Waals surface area (Å²) in [6.45, 7) is 4.82. The normalized spacial score (nSPS) is 11.5. The number of halogens is 2. The van der Waals surface area contributed by atoms with E-state index >= 15 is 0 Å². The van der Waals surface area contributed by atoms with Crippen molar-refractivity contribution < 1.29 is 4.39 Å². The molecule has 3 aromatic heterocycles. The summed E-state index contributed by atoms with van der Waals surface area (Å²) in [5.74, 6) is -0.120. The van der Waals surface area contributed by atoms with Gasteiger partial charge in [0.2, 0.25) is 4.96 Å². The number of rotatable bonds is 3. The predicted molar refractivity (Wildman–Crippen MR) is 90.7 cm³/mol. The van der Waals surface area contributed by atoms with Gasteiger partial charge in [-0.05, 0) is 38.1 Å². The summed E-state index contributed by atoms with van der Waals surface area (Å²) in [4.78, 5) is 0.582. The molecule has 4 rings (SSSR count). The molecule has 0 saturated heterocycles. The molecule has 0 radical (unpaired) electrons. The Balaban J connectivity index is 1.83. The fraction of sp³-hybridized carbons (Fsp3) is 0.200. The molecule has 0 aliphatic carbocycles. The summed E-state index contributed by atoms with van der Waals surface area (Å²) in [5.41, 5.74) is 2.13. The van der Waals surface area contributed by atoms with Gasteiger partial charge < -0.3 is 0 Å². The van der Waals surface area contributed by atoms with Gasteiger partial charge in [0, 0.05) is 17.3 Å². The summed E-state index contributed by atoms with van der Waals surface area (Å²) in [5, 5.41) is 18.2. The monoisotopic (exact) mass is 362 g/mol. The van der Waals surface area contributed by atoms with Gasteiger partial charge in [-0.1, -0.05) is 22.9 Å². The molecular weight excluding hydrogens is 351 g/mol. The second kappa shape index (κ2) is 5.64. The Morgan fingerprint density at radius 2 is 2.04 bits per heavy atom. The van der Waals surface area contributed by atoms with Crippen molar-refractivity contribution in [3.8, 4) is 22.1 Å². The average molecular weight is 363 g/mol. The molecule has 3 heterocycles. The Hall–Kier alpha value is -2.32. The van der Waals surface area contributed by atoms with E-state index in [-0.39, 0.29) is 0 Å². The molecular formula is C15H12ClFN6S. The number of aryl methyl sites for hydroxylation is 2. The van der Waals surface area contributed by atoms with Crippen LogP contribution in [0.4, 0.5) is 4.39 Å². The Morgan fingerprint density at radius 1 is 1.21 bits per heavy atom. The Kier molecular flexibility index (Phi) is 3.58. The van der Waals surface area contributed by atoms with E-state index in [9.17, 15) is 4.39 Å². The molecule has 0 atom stereocenters. The minimum Gasteiger partial charge on any atom is -0.269 e. The number of hydrogen-bond acceptors (Lipinski definition) is 5. The lowest BCUT2D eigenvalue weighted by Crippen LogP contribution is -1.98. The summed E-state index contributed by atoms with van der Waals surface area (Å²) in [6.07, 6.45) is 0. The van der Waals surface area contributed by atoms with Crippen molar-refractivity contribution in [1.82, 2.24) is 29.6 Å². The first kappa shape index (κ1) is 15.2. The number of aromatic nitrogens is 6. The SMILES string of the molecule is CCn1nc(-c2nn3c(-c4ccc(Cl)cc4F)nnc3s2)cc1C. The highest BCUT2D eigenvalue weighted by molar-refractivity contribution is 7.19. The maximum Gasteiger partial charge on any atom is 0.235 e. The van der Waals surface area contributed by atoms with Crippen LogP contribution in [0.15, 0.2) is 24.3 Å². The lowest BCUT2D eigenvalue weighted by Gasteiger charge is -1.99. The summed E-state index contributed by atoms with van der Waals surface area (Å²) in [6, 6.07) is 6.40. The lowest BCUT2D eigenvalue weighted by molar-refractivity contribution is 0.629. The van der Waals surface area contributed by atoms with Crippen molar-refractivity contribution >= 4 is 27.9 Å². The van der Waals surface area contributed by atoms with Gasteiger partial charge >= 0.3 is 0 Å². The van der Waals surface area contributed by atoms with Crippen LogP contribution in [-0.4, -0.2) is 29.6 Å². The van der Waals surface area contributed by atoms with E-state index in [2.05, 4.69) is 20.4 Å². The van der Waals surface area contributed by atoms with Gasteiger partial charge in [-0.25, -0.2) is 4.39 Å². The first-order valence-corrected chi connectivity index (χ1v) is 8.48. The average Bonchev–Trinajstić information content (AvgIpc) is 3.21. The van der Waals surface area contributed by atoms with E-state index in [4.69, 9.17) is 11.6 Å². The van der Waals surface area contributed by atoms with Crippen LogP contribution in [0.2, 0.25) is 5.02 Å². The molecule has 9 heteroatoms. The van der Waals surface area contributed by atoms with Crippen LogP contribution >= 0.6 is 22.9 Å². The smallest absolute Gasteiger partial charge is 0.235 e. The van der Waals surface area contributed by atoms with Gasteiger partial charge in [0.05, 0.1) is 5.56 Å². The minimum absolute atomic E-state index is 0.305. The molecule has 0 N–H and O–H groups in total. The van der Waals surface area contributed by atoms with Crippen molar-refractivity contribution in [2.45, 2.75) is 20.4 Å². The molecule has 0 saturated carbocycles. The van der Waals surface area contributed by atoms with Gasteiger partial charge in [-0.2, -0.15) is 14.7 Å². The van der Waals surface area contributed by atoms with Crippen molar-refractivity contribution in [2.24, 2.45) is 0 Å². The summed E-state index contributed by atoms with van der Waals surface area (Å²) >= 11 is 7.17. The third kappa shape index (κ3) is 2.38. The standard InChI is InChI=1S/C15H12ClFN6S/c1-3-22-8(2)6-12(20-22)14-21-23-13(18-19-15(23)24-14)10-5-4-9(16)7-11(10)17/h4-7H,3H2,1-2H3. The molecule has 0 aliphatic heterocycles. The van der Waals surface area contributed by atoms with Crippen LogP contribution in [0.1, 0.15) is 12.6 Å². The second-order valence-corrected chi connectivity index (χ2v) is 6.63. The molecule has 0 amide bonds. The molecule has 0 spiro atoms. The van der Waals surface area contributed by atoms with E-state index < -0.39 is 5.82 Å². The van der Waals surface area contributed by atoms with Crippen molar-refractivity contribution in [2.75, 3.05) is 0 Å². The predicted octanol–water partition coefficient (Wildman–Crippen LogP) is 3.84. The molecule has 0 aliphatic rings. The van der Waals surface area contributed by atoms with Crippen LogP contribution in [-0.2, 0) is 6.54 Å². The van der Waals surface area contributed by atoms with Crippen LogP contribution in [0, 0.1) is 12.7 Å². The van der Waals surface area contributed by atoms with Crippen LogP contribution in [0.5, 0.6) is 0 Å². The first-order chi connectivity index (χ1) is 11.6. The van der Waals surface area contributed by atoms with E-state index in [1.807, 2.05) is 24.6 Å². The third-order valence-electron chi connectivity index (χ3n) is 3.66. The van der Waals surface area contributed by atoms with Crippen molar-refractivity contribution in [3.63, 3.8) is 0 Å². The third-order valence-corrected chi connectivity index (χ3v) is 4.82. The number of benzene rings is 1. The Morgan fingerprint density at radius 3 is 2.75 bits per heavy atom. The maximum absolute atomic E-state index is 14.2. The van der Waals surface area contributed by atoms with E-state index in [0.29, 0.717) is 26.4 Å². The first-order valence-electron chi connectivity index (χ1n) is 7.29. The second-order valence-electron chi connectivity index (χ2n) is 5.24. The van der Waals surface area contributed by atoms with Crippen molar-refractivity contribution in [3.05, 3.63) is 40.8 Å². The zero-order valence-corrected chi connectivity index (χ0v) is 14.4. The zero-order valence-electron chi connectivity index (χ0n) is 12.9. The highest BCUT2D eigenvalue weighted by Crippen LogP contribution is 2.29. The largest absolute Gasteiger partial charge is 0.269 e. The maximum atomic E-state index is 14.2. The molecule has 24 heavy (non-hydrogen) atoms. The molecule has 1 aromatic carbocycles.